The van der Waals surface area contributed by atoms with Gasteiger partial charge in [-0.3, -0.25) is 4.99 Å². The molecule has 1 heterocycles. The average Bonchev–Trinajstić information content (AvgIpc) is 2.62. The Morgan fingerprint density at radius 1 is 1.31 bits per heavy atom. The number of nitrogens with two attached hydrogens (primary N) is 1. The summed E-state index contributed by atoms with van der Waals surface area (Å²) in [5, 5.41) is 0. The molecule has 4 heteroatoms. The van der Waals surface area contributed by atoms with E-state index in [1.54, 1.807) is 7.11 Å². The van der Waals surface area contributed by atoms with Crippen molar-refractivity contribution in [2.75, 3.05) is 33.4 Å². The van der Waals surface area contributed by atoms with Crippen molar-refractivity contribution in [2.24, 2.45) is 16.1 Å². The van der Waals surface area contributed by atoms with Gasteiger partial charge in [0.15, 0.2) is 5.96 Å². The Balaban J connectivity index is 1.89. The van der Waals surface area contributed by atoms with Gasteiger partial charge in [0.25, 0.3) is 0 Å². The molecule has 0 spiro atoms. The molecule has 1 aliphatic carbocycles. The molecular weight excluding hydrogens is 202 g/mol. The van der Waals surface area contributed by atoms with Crippen molar-refractivity contribution in [1.82, 2.24) is 4.90 Å². The molecule has 1 saturated heterocycles. The lowest BCUT2D eigenvalue weighted by Gasteiger charge is -2.33. The first-order chi connectivity index (χ1) is 7.76. The number of hydrogen-bond acceptors (Lipinski definition) is 2. The summed E-state index contributed by atoms with van der Waals surface area (Å²) in [6, 6.07) is 0. The number of likely N-dealkylation sites (tertiary alicyclic amines) is 1. The summed E-state index contributed by atoms with van der Waals surface area (Å²) in [6.07, 6.45) is 6.33. The number of aliphatic imine (C=N–C) groups is 1. The second kappa shape index (κ2) is 5.04. The minimum atomic E-state index is 0.268. The molecule has 2 fully saturated rings. The highest BCUT2D eigenvalue weighted by Crippen LogP contribution is 2.38. The Kier molecular flexibility index (Phi) is 3.69. The normalized spacial score (nSPS) is 24.6. The predicted molar refractivity (Wildman–Crippen MR) is 65.5 cm³/mol. The first-order valence-corrected chi connectivity index (χ1v) is 6.30. The van der Waals surface area contributed by atoms with E-state index in [0.717, 1.165) is 32.2 Å². The molecule has 1 aliphatic heterocycles. The monoisotopic (exact) mass is 225 g/mol. The van der Waals surface area contributed by atoms with E-state index in [2.05, 4.69) is 9.89 Å². The smallest absolute Gasteiger partial charge is 0.191 e. The number of guanidine groups is 1. The molecule has 0 atom stereocenters. The minimum Gasteiger partial charge on any atom is -0.384 e. The zero-order valence-corrected chi connectivity index (χ0v) is 10.2. The first kappa shape index (κ1) is 11.7. The maximum absolute atomic E-state index is 5.95. The van der Waals surface area contributed by atoms with Crippen LogP contribution in [0.2, 0.25) is 0 Å². The molecule has 0 aromatic carbocycles. The Labute approximate surface area is 97.9 Å². The van der Waals surface area contributed by atoms with Gasteiger partial charge < -0.3 is 15.4 Å². The van der Waals surface area contributed by atoms with Gasteiger partial charge >= 0.3 is 0 Å². The maximum atomic E-state index is 5.95. The van der Waals surface area contributed by atoms with Crippen molar-refractivity contribution >= 4 is 5.96 Å². The van der Waals surface area contributed by atoms with Crippen LogP contribution in [0, 0.1) is 5.41 Å². The lowest BCUT2D eigenvalue weighted by atomic mass is 9.87. The van der Waals surface area contributed by atoms with Crippen LogP contribution in [0.3, 0.4) is 0 Å². The standard InChI is InChI=1S/C12H23N3O/c1-16-10-12(5-2-3-6-12)9-14-11(13)15-7-4-8-15/h2-10H2,1H3,(H2,13,14). The molecule has 0 bridgehead atoms. The average molecular weight is 225 g/mol. The fourth-order valence-corrected chi connectivity index (χ4v) is 2.67. The molecule has 92 valence electrons. The quantitative estimate of drug-likeness (QED) is 0.578. The molecule has 0 radical (unpaired) electrons. The van der Waals surface area contributed by atoms with Gasteiger partial charge in [0.2, 0.25) is 0 Å². The summed E-state index contributed by atoms with van der Waals surface area (Å²) in [5.74, 6) is 0.730. The van der Waals surface area contributed by atoms with Crippen LogP contribution in [0.4, 0.5) is 0 Å². The van der Waals surface area contributed by atoms with Crippen LogP contribution >= 0.6 is 0 Å². The Morgan fingerprint density at radius 3 is 2.50 bits per heavy atom. The van der Waals surface area contributed by atoms with Gasteiger partial charge in [-0.15, -0.1) is 0 Å². The zero-order chi connectivity index (χ0) is 11.4. The van der Waals surface area contributed by atoms with E-state index in [4.69, 9.17) is 10.5 Å². The third-order valence-electron chi connectivity index (χ3n) is 3.87. The highest BCUT2D eigenvalue weighted by atomic mass is 16.5. The van der Waals surface area contributed by atoms with E-state index in [0.29, 0.717) is 0 Å². The van der Waals surface area contributed by atoms with E-state index in [1.165, 1.54) is 32.1 Å². The second-order valence-electron chi connectivity index (χ2n) is 5.16. The largest absolute Gasteiger partial charge is 0.384 e. The summed E-state index contributed by atoms with van der Waals surface area (Å²) < 4.78 is 5.34. The van der Waals surface area contributed by atoms with E-state index in [9.17, 15) is 0 Å². The topological polar surface area (TPSA) is 50.9 Å². The fraction of sp³-hybridized carbons (Fsp3) is 0.917. The third-order valence-corrected chi connectivity index (χ3v) is 3.87. The van der Waals surface area contributed by atoms with Gasteiger partial charge in [-0.05, 0) is 19.3 Å². The van der Waals surface area contributed by atoms with E-state index < -0.39 is 0 Å². The minimum absolute atomic E-state index is 0.268. The van der Waals surface area contributed by atoms with Crippen molar-refractivity contribution in [3.63, 3.8) is 0 Å². The van der Waals surface area contributed by atoms with Crippen molar-refractivity contribution < 1.29 is 4.74 Å². The van der Waals surface area contributed by atoms with E-state index >= 15 is 0 Å². The van der Waals surface area contributed by atoms with Crippen LogP contribution in [0.1, 0.15) is 32.1 Å². The van der Waals surface area contributed by atoms with Crippen LogP contribution in [-0.4, -0.2) is 44.2 Å². The van der Waals surface area contributed by atoms with Gasteiger partial charge in [-0.2, -0.15) is 0 Å². The molecule has 4 nitrogen and oxygen atoms in total. The van der Waals surface area contributed by atoms with Crippen LogP contribution in [-0.2, 0) is 4.74 Å². The van der Waals surface area contributed by atoms with Crippen molar-refractivity contribution in [1.29, 1.82) is 0 Å². The number of ether oxygens (including phenoxy) is 1. The maximum Gasteiger partial charge on any atom is 0.191 e. The third kappa shape index (κ3) is 2.48. The molecule has 2 aliphatic rings. The molecule has 2 N–H and O–H groups in total. The molecule has 0 unspecified atom stereocenters. The van der Waals surface area contributed by atoms with Gasteiger partial charge in [-0.1, -0.05) is 12.8 Å². The molecule has 0 aromatic heterocycles. The van der Waals surface area contributed by atoms with Crippen LogP contribution in [0.5, 0.6) is 0 Å². The summed E-state index contributed by atoms with van der Waals surface area (Å²) in [5.41, 5.74) is 6.22. The number of rotatable bonds is 4. The van der Waals surface area contributed by atoms with Crippen molar-refractivity contribution in [3.8, 4) is 0 Å². The van der Waals surface area contributed by atoms with Gasteiger partial charge in [0.05, 0.1) is 13.2 Å². The second-order valence-corrected chi connectivity index (χ2v) is 5.16. The molecule has 0 aromatic rings. The fourth-order valence-electron chi connectivity index (χ4n) is 2.67. The van der Waals surface area contributed by atoms with E-state index in [-0.39, 0.29) is 5.41 Å². The Bertz CT molecular complexity index is 255. The van der Waals surface area contributed by atoms with Crippen LogP contribution < -0.4 is 5.73 Å². The summed E-state index contributed by atoms with van der Waals surface area (Å²) in [7, 11) is 1.78. The lowest BCUT2D eigenvalue weighted by Crippen LogP contribution is -2.47. The molecule has 0 amide bonds. The van der Waals surface area contributed by atoms with Crippen molar-refractivity contribution in [2.45, 2.75) is 32.1 Å². The SMILES string of the molecule is COCC1(CN=C(N)N2CCC2)CCCC1. The summed E-state index contributed by atoms with van der Waals surface area (Å²) in [6.45, 7) is 3.81. The van der Waals surface area contributed by atoms with Crippen LogP contribution in [0.15, 0.2) is 4.99 Å². The van der Waals surface area contributed by atoms with E-state index in [1.807, 2.05) is 0 Å². The summed E-state index contributed by atoms with van der Waals surface area (Å²) >= 11 is 0. The Morgan fingerprint density at radius 2 is 2.00 bits per heavy atom. The molecule has 16 heavy (non-hydrogen) atoms. The number of methoxy groups -OCH3 is 1. The van der Waals surface area contributed by atoms with Gasteiger partial charge in [0.1, 0.15) is 0 Å². The molecule has 2 rings (SSSR count). The number of nitrogens with zero attached hydrogens (tertiary/aromatic N) is 2. The highest BCUT2D eigenvalue weighted by Gasteiger charge is 2.34. The summed E-state index contributed by atoms with van der Waals surface area (Å²) in [4.78, 5) is 6.71. The Hall–Kier alpha value is -0.770. The molecule has 1 saturated carbocycles. The predicted octanol–water partition coefficient (Wildman–Crippen LogP) is 1.21. The highest BCUT2D eigenvalue weighted by molar-refractivity contribution is 5.78. The number of hydrogen-bond donors (Lipinski definition) is 1. The molecular formula is C12H23N3O. The zero-order valence-electron chi connectivity index (χ0n) is 10.2. The lowest BCUT2D eigenvalue weighted by molar-refractivity contribution is 0.0893. The van der Waals surface area contributed by atoms with Gasteiger partial charge in [0, 0.05) is 25.6 Å². The first-order valence-electron chi connectivity index (χ1n) is 6.30. The van der Waals surface area contributed by atoms with Crippen LogP contribution in [0.25, 0.3) is 0 Å². The van der Waals surface area contributed by atoms with Crippen molar-refractivity contribution in [3.05, 3.63) is 0 Å². The van der Waals surface area contributed by atoms with Gasteiger partial charge in [-0.25, -0.2) is 0 Å².